The number of anilines is 1. The number of pyridine rings is 1. The molecule has 0 unspecified atom stereocenters. The second-order valence-electron chi connectivity index (χ2n) is 8.09. The van der Waals surface area contributed by atoms with Gasteiger partial charge in [-0.25, -0.2) is 17.8 Å². The smallest absolute Gasteiger partial charge is 0.230 e. The first-order chi connectivity index (χ1) is 14.9. The van der Waals surface area contributed by atoms with Crippen LogP contribution in [0, 0.1) is 5.82 Å². The number of piperazine rings is 1. The van der Waals surface area contributed by atoms with Gasteiger partial charge in [0, 0.05) is 38.9 Å². The predicted molar refractivity (Wildman–Crippen MR) is 117 cm³/mol. The highest BCUT2D eigenvalue weighted by atomic mass is 32.2. The summed E-state index contributed by atoms with van der Waals surface area (Å²) in [7, 11) is -3.47. The Morgan fingerprint density at radius 1 is 1.06 bits per heavy atom. The fourth-order valence-corrected chi connectivity index (χ4v) is 5.61. The van der Waals surface area contributed by atoms with E-state index in [1.54, 1.807) is 18.3 Å². The molecule has 1 aliphatic heterocycles. The topological polar surface area (TPSA) is 82.6 Å². The molecule has 0 atom stereocenters. The highest BCUT2D eigenvalue weighted by Gasteiger charge is 2.45. The largest absolute Gasteiger partial charge is 0.354 e. The molecule has 1 aromatic heterocycles. The van der Waals surface area contributed by atoms with Gasteiger partial charge in [-0.1, -0.05) is 24.6 Å². The fraction of sp³-hybridized carbons (Fsp3) is 0.455. The first-order valence-corrected chi connectivity index (χ1v) is 12.2. The van der Waals surface area contributed by atoms with Crippen LogP contribution < -0.4 is 10.2 Å². The van der Waals surface area contributed by atoms with Crippen LogP contribution in [0.3, 0.4) is 0 Å². The number of rotatable bonds is 7. The zero-order chi connectivity index (χ0) is 21.9. The zero-order valence-electron chi connectivity index (χ0n) is 17.3. The van der Waals surface area contributed by atoms with Crippen molar-refractivity contribution in [3.63, 3.8) is 0 Å². The summed E-state index contributed by atoms with van der Waals surface area (Å²) in [5, 5.41) is 2.81. The molecule has 2 fully saturated rings. The fourth-order valence-electron chi connectivity index (χ4n) is 4.27. The van der Waals surface area contributed by atoms with E-state index in [4.69, 9.17) is 0 Å². The monoisotopic (exact) mass is 446 g/mol. The van der Waals surface area contributed by atoms with Crippen molar-refractivity contribution in [3.05, 3.63) is 60.0 Å². The number of carbonyl (C=O) groups excluding carboxylic acids is 1. The highest BCUT2D eigenvalue weighted by Crippen LogP contribution is 2.44. The van der Waals surface area contributed by atoms with Gasteiger partial charge in [0.2, 0.25) is 15.9 Å². The van der Waals surface area contributed by atoms with Gasteiger partial charge in [-0.2, -0.15) is 4.31 Å². The Balaban J connectivity index is 1.30. The Labute approximate surface area is 182 Å². The molecule has 0 radical (unpaired) electrons. The molecule has 7 nitrogen and oxygen atoms in total. The molecule has 9 heteroatoms. The molecular formula is C22H27FN4O3S. The van der Waals surface area contributed by atoms with Gasteiger partial charge >= 0.3 is 0 Å². The number of carbonyl (C=O) groups is 1. The lowest BCUT2D eigenvalue weighted by Crippen LogP contribution is -2.52. The second-order valence-corrected chi connectivity index (χ2v) is 10.2. The van der Waals surface area contributed by atoms with Crippen LogP contribution in [0.15, 0.2) is 48.7 Å². The molecule has 2 heterocycles. The number of amides is 1. The van der Waals surface area contributed by atoms with Gasteiger partial charge in [0.1, 0.15) is 11.6 Å². The van der Waals surface area contributed by atoms with Crippen molar-refractivity contribution in [3.8, 4) is 0 Å². The highest BCUT2D eigenvalue weighted by molar-refractivity contribution is 7.89. The maximum absolute atomic E-state index is 13.3. The minimum absolute atomic E-state index is 0.0601. The van der Waals surface area contributed by atoms with Crippen LogP contribution in [0.25, 0.3) is 0 Å². The van der Waals surface area contributed by atoms with Crippen LogP contribution >= 0.6 is 0 Å². The number of halogens is 1. The van der Waals surface area contributed by atoms with Crippen molar-refractivity contribution < 1.29 is 17.6 Å². The van der Waals surface area contributed by atoms with E-state index in [9.17, 15) is 17.6 Å². The Bertz CT molecular complexity index is 1000. The van der Waals surface area contributed by atoms with Crippen molar-refractivity contribution in [1.82, 2.24) is 14.6 Å². The summed E-state index contributed by atoms with van der Waals surface area (Å²) in [5.74, 6) is 0.189. The Morgan fingerprint density at radius 3 is 2.35 bits per heavy atom. The third-order valence-corrected chi connectivity index (χ3v) is 8.16. The molecule has 1 aromatic carbocycles. The molecule has 0 spiro atoms. The Hall–Kier alpha value is -2.52. The maximum Gasteiger partial charge on any atom is 0.230 e. The van der Waals surface area contributed by atoms with E-state index in [2.05, 4.69) is 15.2 Å². The third kappa shape index (κ3) is 4.57. The quantitative estimate of drug-likeness (QED) is 0.703. The van der Waals surface area contributed by atoms with Gasteiger partial charge in [0.05, 0.1) is 11.2 Å². The van der Waals surface area contributed by atoms with Crippen LogP contribution in [-0.2, 0) is 20.2 Å². The van der Waals surface area contributed by atoms with Crippen LogP contribution in [0.4, 0.5) is 10.2 Å². The lowest BCUT2D eigenvalue weighted by molar-refractivity contribution is -0.129. The van der Waals surface area contributed by atoms with Crippen molar-refractivity contribution >= 4 is 21.7 Å². The minimum atomic E-state index is -3.47. The van der Waals surface area contributed by atoms with Crippen molar-refractivity contribution in [2.75, 3.05) is 43.4 Å². The van der Waals surface area contributed by atoms with Crippen LogP contribution in [0.1, 0.15) is 24.8 Å². The summed E-state index contributed by atoms with van der Waals surface area (Å²) >= 11 is 0. The van der Waals surface area contributed by atoms with Gasteiger partial charge < -0.3 is 10.2 Å². The summed E-state index contributed by atoms with van der Waals surface area (Å²) < 4.78 is 40.2. The third-order valence-electron chi connectivity index (χ3n) is 6.29. The minimum Gasteiger partial charge on any atom is -0.354 e. The average Bonchev–Trinajstić information content (AvgIpc) is 2.75. The lowest BCUT2D eigenvalue weighted by Gasteiger charge is -2.40. The van der Waals surface area contributed by atoms with E-state index >= 15 is 0 Å². The molecule has 1 N–H and O–H groups in total. The van der Waals surface area contributed by atoms with Crippen molar-refractivity contribution in [2.24, 2.45) is 0 Å². The maximum atomic E-state index is 13.3. The van der Waals surface area contributed by atoms with Gasteiger partial charge in [-0.15, -0.1) is 0 Å². The molecule has 1 saturated heterocycles. The number of nitrogens with one attached hydrogen (secondary N) is 1. The van der Waals surface area contributed by atoms with Gasteiger partial charge in [0.15, 0.2) is 0 Å². The van der Waals surface area contributed by atoms with E-state index in [-0.39, 0.29) is 24.0 Å². The van der Waals surface area contributed by atoms with Crippen LogP contribution in [-0.4, -0.2) is 62.1 Å². The molecule has 1 saturated carbocycles. The summed E-state index contributed by atoms with van der Waals surface area (Å²) in [6.07, 6.45) is 4.02. The normalized spacial score (nSPS) is 18.9. The summed E-state index contributed by atoms with van der Waals surface area (Å²) in [4.78, 5) is 19.2. The molecule has 166 valence electrons. The van der Waals surface area contributed by atoms with Crippen molar-refractivity contribution in [2.45, 2.75) is 24.7 Å². The van der Waals surface area contributed by atoms with E-state index in [1.165, 1.54) is 16.4 Å². The van der Waals surface area contributed by atoms with E-state index in [0.717, 1.165) is 17.8 Å². The van der Waals surface area contributed by atoms with Crippen molar-refractivity contribution in [1.29, 1.82) is 0 Å². The molecular weight excluding hydrogens is 419 g/mol. The van der Waals surface area contributed by atoms with Gasteiger partial charge in [0.25, 0.3) is 0 Å². The first-order valence-electron chi connectivity index (χ1n) is 10.6. The number of hydrogen-bond acceptors (Lipinski definition) is 5. The molecule has 2 aliphatic rings. The number of benzene rings is 1. The van der Waals surface area contributed by atoms with Crippen LogP contribution in [0.5, 0.6) is 0 Å². The molecule has 2 aromatic rings. The summed E-state index contributed by atoms with van der Waals surface area (Å²) in [6, 6.07) is 11.7. The van der Waals surface area contributed by atoms with E-state index < -0.39 is 15.4 Å². The average molecular weight is 447 g/mol. The number of nitrogens with zero attached hydrogens (tertiary/aromatic N) is 3. The van der Waals surface area contributed by atoms with E-state index in [0.29, 0.717) is 39.0 Å². The molecule has 31 heavy (non-hydrogen) atoms. The summed E-state index contributed by atoms with van der Waals surface area (Å²) in [5.41, 5.74) is 0.109. The second kappa shape index (κ2) is 8.92. The first kappa shape index (κ1) is 21.7. The molecule has 4 rings (SSSR count). The number of hydrogen-bond donors (Lipinski definition) is 1. The SMILES string of the molecule is O=C(NCCS(=O)(=O)N1CCN(c2ccccn2)CC1)C1(c2ccc(F)cc2)CCC1. The van der Waals surface area contributed by atoms with E-state index in [1.807, 2.05) is 18.2 Å². The number of aromatic nitrogens is 1. The molecule has 0 bridgehead atoms. The number of sulfonamides is 1. The standard InChI is InChI=1S/C22H27FN4O3S/c23-19-7-5-18(6-8-19)22(9-3-10-22)21(28)25-12-17-31(29,30)27-15-13-26(14-16-27)20-4-1-2-11-24-20/h1-2,4-8,11H,3,9-10,12-17H2,(H,25,28). The summed E-state index contributed by atoms with van der Waals surface area (Å²) in [6.45, 7) is 2.01. The Morgan fingerprint density at radius 2 is 1.77 bits per heavy atom. The zero-order valence-corrected chi connectivity index (χ0v) is 18.2. The predicted octanol–water partition coefficient (Wildman–Crippen LogP) is 1.91. The molecule has 1 aliphatic carbocycles. The van der Waals surface area contributed by atoms with Gasteiger partial charge in [-0.3, -0.25) is 4.79 Å². The Kier molecular flexibility index (Phi) is 6.24. The lowest BCUT2D eigenvalue weighted by atomic mass is 9.64. The molecule has 1 amide bonds. The van der Waals surface area contributed by atoms with Gasteiger partial charge in [-0.05, 0) is 42.7 Å². The van der Waals surface area contributed by atoms with Crippen LogP contribution in [0.2, 0.25) is 0 Å².